The van der Waals surface area contributed by atoms with E-state index in [0.717, 1.165) is 6.07 Å². The zero-order valence-corrected chi connectivity index (χ0v) is 14.2. The lowest BCUT2D eigenvalue weighted by Crippen LogP contribution is -2.31. The van der Waals surface area contributed by atoms with Gasteiger partial charge in [0.1, 0.15) is 12.4 Å². The fraction of sp³-hybridized carbons (Fsp3) is 0.118. The summed E-state index contributed by atoms with van der Waals surface area (Å²) in [6.07, 6.45) is 0. The third-order valence-corrected chi connectivity index (χ3v) is 3.82. The van der Waals surface area contributed by atoms with E-state index in [0.29, 0.717) is 5.02 Å². The number of ketones is 1. The molecule has 2 aromatic carbocycles. The summed E-state index contributed by atoms with van der Waals surface area (Å²) in [4.78, 5) is 35.2. The molecule has 130 valence electrons. The second-order valence-corrected chi connectivity index (χ2v) is 5.72. The molecule has 0 unspecified atom stereocenters. The maximum absolute atomic E-state index is 13.0. The third-order valence-electron chi connectivity index (χ3n) is 3.09. The number of Topliss-reactive ketones (excluding diaryl/α,β-unsaturated/α-hetero) is 1. The van der Waals surface area contributed by atoms with Crippen LogP contribution in [0.3, 0.4) is 0 Å². The van der Waals surface area contributed by atoms with Crippen molar-refractivity contribution in [3.05, 3.63) is 69.5 Å². The summed E-state index contributed by atoms with van der Waals surface area (Å²) in [6, 6.07) is 9.28. The van der Waals surface area contributed by atoms with Gasteiger partial charge in [0.05, 0.1) is 10.0 Å². The van der Waals surface area contributed by atoms with Crippen LogP contribution in [0.2, 0.25) is 10.0 Å². The van der Waals surface area contributed by atoms with Crippen molar-refractivity contribution >= 4 is 40.9 Å². The van der Waals surface area contributed by atoms with Crippen LogP contribution in [0.15, 0.2) is 42.5 Å². The predicted octanol–water partition coefficient (Wildman–Crippen LogP) is 3.29. The molecule has 0 fully saturated rings. The Hall–Kier alpha value is -2.44. The van der Waals surface area contributed by atoms with Crippen LogP contribution in [0.4, 0.5) is 4.39 Å². The molecule has 8 heteroatoms. The first-order valence-corrected chi connectivity index (χ1v) is 7.80. The minimum Gasteiger partial charge on any atom is -0.456 e. The molecular weight excluding hydrogens is 372 g/mol. The van der Waals surface area contributed by atoms with Crippen LogP contribution < -0.4 is 5.32 Å². The molecule has 2 rings (SSSR count). The van der Waals surface area contributed by atoms with Gasteiger partial charge in [-0.05, 0) is 30.3 Å². The molecule has 2 aromatic rings. The lowest BCUT2D eigenvalue weighted by atomic mass is 10.1. The van der Waals surface area contributed by atoms with E-state index in [2.05, 4.69) is 5.32 Å². The van der Waals surface area contributed by atoms with Gasteiger partial charge in [-0.1, -0.05) is 35.3 Å². The topological polar surface area (TPSA) is 72.5 Å². The average molecular weight is 384 g/mol. The summed E-state index contributed by atoms with van der Waals surface area (Å²) in [7, 11) is 0. The van der Waals surface area contributed by atoms with Gasteiger partial charge in [0.2, 0.25) is 0 Å². The van der Waals surface area contributed by atoms with E-state index in [4.69, 9.17) is 27.9 Å². The molecule has 0 aliphatic heterocycles. The summed E-state index contributed by atoms with van der Waals surface area (Å²) in [6.45, 7) is -0.986. The lowest BCUT2D eigenvalue weighted by Gasteiger charge is -2.07. The minimum atomic E-state index is -0.807. The van der Waals surface area contributed by atoms with Crippen LogP contribution in [-0.4, -0.2) is 30.8 Å². The highest BCUT2D eigenvalue weighted by molar-refractivity contribution is 6.42. The van der Waals surface area contributed by atoms with Crippen LogP contribution in [0.1, 0.15) is 20.7 Å². The Bertz CT molecular complexity index is 826. The second kappa shape index (κ2) is 8.60. The van der Waals surface area contributed by atoms with Gasteiger partial charge in [0.25, 0.3) is 5.91 Å². The number of halogens is 3. The summed E-state index contributed by atoms with van der Waals surface area (Å²) < 4.78 is 17.8. The van der Waals surface area contributed by atoms with Crippen molar-refractivity contribution in [3.8, 4) is 0 Å². The molecule has 0 atom stereocenters. The summed E-state index contributed by atoms with van der Waals surface area (Å²) in [5.74, 6) is -2.47. The SMILES string of the molecule is O=C(CNC(=O)c1ccc(Cl)c(Cl)c1)OCC(=O)c1cccc(F)c1. The number of ether oxygens (including phenoxy) is 1. The largest absolute Gasteiger partial charge is 0.456 e. The molecule has 0 aliphatic rings. The quantitative estimate of drug-likeness (QED) is 0.613. The number of esters is 1. The number of carbonyl (C=O) groups excluding carboxylic acids is 3. The van der Waals surface area contributed by atoms with Gasteiger partial charge in [0.15, 0.2) is 12.4 Å². The smallest absolute Gasteiger partial charge is 0.325 e. The molecule has 1 amide bonds. The van der Waals surface area contributed by atoms with Crippen LogP contribution in [0.5, 0.6) is 0 Å². The molecule has 25 heavy (non-hydrogen) atoms. The molecule has 0 heterocycles. The van der Waals surface area contributed by atoms with Crippen LogP contribution in [0, 0.1) is 5.82 Å². The normalized spacial score (nSPS) is 10.2. The van der Waals surface area contributed by atoms with E-state index >= 15 is 0 Å². The Morgan fingerprint density at radius 3 is 2.44 bits per heavy atom. The number of hydrogen-bond donors (Lipinski definition) is 1. The summed E-state index contributed by atoms with van der Waals surface area (Å²) in [5, 5.41) is 2.84. The predicted molar refractivity (Wildman–Crippen MR) is 90.5 cm³/mol. The molecule has 0 saturated heterocycles. The zero-order valence-electron chi connectivity index (χ0n) is 12.7. The number of carbonyl (C=O) groups is 3. The molecule has 1 N–H and O–H groups in total. The van der Waals surface area contributed by atoms with Gasteiger partial charge < -0.3 is 10.1 Å². The number of benzene rings is 2. The molecule has 0 bridgehead atoms. The Balaban J connectivity index is 1.81. The first-order chi connectivity index (χ1) is 11.9. The number of amides is 1. The highest BCUT2D eigenvalue weighted by Gasteiger charge is 2.13. The van der Waals surface area contributed by atoms with E-state index in [1.807, 2.05) is 0 Å². The number of hydrogen-bond acceptors (Lipinski definition) is 4. The van der Waals surface area contributed by atoms with Gasteiger partial charge in [-0.25, -0.2) is 4.39 Å². The van der Waals surface area contributed by atoms with Gasteiger partial charge in [-0.2, -0.15) is 0 Å². The molecule has 0 spiro atoms. The number of nitrogens with one attached hydrogen (secondary N) is 1. The lowest BCUT2D eigenvalue weighted by molar-refractivity contribution is -0.141. The number of rotatable bonds is 6. The van der Waals surface area contributed by atoms with Crippen LogP contribution in [0.25, 0.3) is 0 Å². The van der Waals surface area contributed by atoms with E-state index in [1.165, 1.54) is 36.4 Å². The maximum atomic E-state index is 13.0. The fourth-order valence-electron chi connectivity index (χ4n) is 1.83. The van der Waals surface area contributed by atoms with Crippen molar-refractivity contribution in [1.29, 1.82) is 0 Å². The zero-order chi connectivity index (χ0) is 18.4. The van der Waals surface area contributed by atoms with Crippen LogP contribution >= 0.6 is 23.2 Å². The maximum Gasteiger partial charge on any atom is 0.325 e. The Kier molecular flexibility index (Phi) is 6.50. The molecule has 0 aromatic heterocycles. The minimum absolute atomic E-state index is 0.0904. The monoisotopic (exact) mass is 383 g/mol. The standard InChI is InChI=1S/C17H12Cl2FNO4/c18-13-5-4-11(7-14(13)19)17(24)21-8-16(23)25-9-15(22)10-2-1-3-12(20)6-10/h1-7H,8-9H2,(H,21,24). The Morgan fingerprint density at radius 1 is 1.00 bits per heavy atom. The average Bonchev–Trinajstić information content (AvgIpc) is 2.59. The van der Waals surface area contributed by atoms with Crippen LogP contribution in [-0.2, 0) is 9.53 Å². The summed E-state index contributed by atoms with van der Waals surface area (Å²) in [5.41, 5.74) is 0.311. The molecule has 0 saturated carbocycles. The Labute approximate surface area is 152 Å². The van der Waals surface area contributed by atoms with Crippen molar-refractivity contribution in [3.63, 3.8) is 0 Å². The molecular formula is C17H12Cl2FNO4. The van der Waals surface area contributed by atoms with E-state index < -0.39 is 36.6 Å². The fourth-order valence-corrected chi connectivity index (χ4v) is 2.13. The van der Waals surface area contributed by atoms with Gasteiger partial charge >= 0.3 is 5.97 Å². The molecule has 0 aliphatic carbocycles. The van der Waals surface area contributed by atoms with Crippen molar-refractivity contribution in [1.82, 2.24) is 5.32 Å². The second-order valence-electron chi connectivity index (χ2n) is 4.91. The van der Waals surface area contributed by atoms with Gasteiger partial charge in [-0.3, -0.25) is 14.4 Å². The van der Waals surface area contributed by atoms with Gasteiger partial charge in [0, 0.05) is 11.1 Å². The Morgan fingerprint density at radius 2 is 1.76 bits per heavy atom. The van der Waals surface area contributed by atoms with E-state index in [1.54, 1.807) is 0 Å². The first kappa shape index (κ1) is 18.9. The third kappa shape index (κ3) is 5.55. The van der Waals surface area contributed by atoms with E-state index in [-0.39, 0.29) is 16.1 Å². The molecule has 0 radical (unpaired) electrons. The van der Waals surface area contributed by atoms with Crippen molar-refractivity contribution in [2.45, 2.75) is 0 Å². The van der Waals surface area contributed by atoms with Crippen molar-refractivity contribution in [2.24, 2.45) is 0 Å². The molecule has 5 nitrogen and oxygen atoms in total. The van der Waals surface area contributed by atoms with Gasteiger partial charge in [-0.15, -0.1) is 0 Å². The van der Waals surface area contributed by atoms with Crippen molar-refractivity contribution in [2.75, 3.05) is 13.2 Å². The van der Waals surface area contributed by atoms with E-state index in [9.17, 15) is 18.8 Å². The highest BCUT2D eigenvalue weighted by Crippen LogP contribution is 2.22. The highest BCUT2D eigenvalue weighted by atomic mass is 35.5. The first-order valence-electron chi connectivity index (χ1n) is 7.04. The summed E-state index contributed by atoms with van der Waals surface area (Å²) >= 11 is 11.6. The van der Waals surface area contributed by atoms with Crippen molar-refractivity contribution < 1.29 is 23.5 Å².